The van der Waals surface area contributed by atoms with Crippen molar-refractivity contribution in [3.63, 3.8) is 0 Å². The van der Waals surface area contributed by atoms with Crippen molar-refractivity contribution in [1.29, 1.82) is 5.26 Å². The molecule has 0 unspecified atom stereocenters. The number of hydrogen-bond acceptors (Lipinski definition) is 5. The van der Waals surface area contributed by atoms with E-state index in [0.29, 0.717) is 30.5 Å². The summed E-state index contributed by atoms with van der Waals surface area (Å²) in [5.74, 6) is -0.903. The summed E-state index contributed by atoms with van der Waals surface area (Å²) in [6.45, 7) is 3.43. The van der Waals surface area contributed by atoms with E-state index < -0.39 is 11.5 Å². The maximum Gasteiger partial charge on any atom is 0.340 e. The number of carbonyl (C=O) groups excluding carboxylic acids is 2. The Hall–Kier alpha value is -2.94. The van der Waals surface area contributed by atoms with Crippen LogP contribution in [0.4, 0.5) is 0 Å². The first-order valence-corrected chi connectivity index (χ1v) is 10.2. The Balaban J connectivity index is 1.78. The fourth-order valence-corrected chi connectivity index (χ4v) is 4.16. The van der Waals surface area contributed by atoms with E-state index in [1.165, 1.54) is 4.90 Å². The molecule has 0 aliphatic heterocycles. The van der Waals surface area contributed by atoms with Gasteiger partial charge in [0.05, 0.1) is 22.8 Å². The molecule has 1 amide bonds. The molecule has 1 fully saturated rings. The first-order chi connectivity index (χ1) is 13.9. The van der Waals surface area contributed by atoms with E-state index in [1.807, 2.05) is 38.1 Å². The number of aromatic nitrogens is 1. The van der Waals surface area contributed by atoms with Gasteiger partial charge in [0, 0.05) is 12.4 Å². The molecular weight excluding hydrogens is 366 g/mol. The first-order valence-electron chi connectivity index (χ1n) is 10.2. The van der Waals surface area contributed by atoms with Gasteiger partial charge in [0.2, 0.25) is 0 Å². The number of nitriles is 1. The quantitative estimate of drug-likeness (QED) is 0.718. The molecule has 6 heteroatoms. The summed E-state index contributed by atoms with van der Waals surface area (Å²) < 4.78 is 5.38. The number of nitrogens with zero attached hydrogens (tertiary/aromatic N) is 3. The number of para-hydroxylation sites is 1. The molecule has 6 nitrogen and oxygen atoms in total. The lowest BCUT2D eigenvalue weighted by atomic mass is 9.81. The molecule has 0 radical (unpaired) electrons. The second kappa shape index (κ2) is 8.60. The Labute approximate surface area is 171 Å². The number of hydrogen-bond donors (Lipinski definition) is 0. The third kappa shape index (κ3) is 3.95. The smallest absolute Gasteiger partial charge is 0.340 e. The number of amides is 1. The number of pyridine rings is 1. The average molecular weight is 393 g/mol. The van der Waals surface area contributed by atoms with Crippen molar-refractivity contribution in [1.82, 2.24) is 9.88 Å². The zero-order chi connectivity index (χ0) is 21.0. The molecule has 2 aromatic rings. The molecule has 1 aliphatic rings. The summed E-state index contributed by atoms with van der Waals surface area (Å²) in [7, 11) is 1.63. The maximum atomic E-state index is 12.8. The van der Waals surface area contributed by atoms with Gasteiger partial charge in [0.25, 0.3) is 5.91 Å². The summed E-state index contributed by atoms with van der Waals surface area (Å²) in [6.07, 6.45) is 4.83. The van der Waals surface area contributed by atoms with E-state index >= 15 is 0 Å². The number of aryl methyl sites for hydroxylation is 2. The highest BCUT2D eigenvalue weighted by molar-refractivity contribution is 5.99. The molecule has 0 bridgehead atoms. The SMILES string of the molecule is CCc1nc2ccccc2c(C)c1C(=O)OCC(=O)N(C)C1(C#N)CCCCC1. The summed E-state index contributed by atoms with van der Waals surface area (Å²) in [5, 5.41) is 10.6. The van der Waals surface area contributed by atoms with Crippen LogP contribution in [-0.2, 0) is 16.0 Å². The number of likely N-dealkylation sites (N-methyl/N-ethyl adjacent to an activating group) is 1. The van der Waals surface area contributed by atoms with Crippen LogP contribution in [0.15, 0.2) is 24.3 Å². The van der Waals surface area contributed by atoms with Gasteiger partial charge in [-0.3, -0.25) is 9.78 Å². The van der Waals surface area contributed by atoms with Crippen LogP contribution in [0.2, 0.25) is 0 Å². The van der Waals surface area contributed by atoms with Crippen molar-refractivity contribution in [3.8, 4) is 6.07 Å². The zero-order valence-electron chi connectivity index (χ0n) is 17.3. The Morgan fingerprint density at radius 1 is 1.24 bits per heavy atom. The maximum absolute atomic E-state index is 12.8. The average Bonchev–Trinajstić information content (AvgIpc) is 2.76. The fraction of sp³-hybridized carbons (Fsp3) is 0.478. The van der Waals surface area contributed by atoms with Crippen molar-refractivity contribution in [2.24, 2.45) is 0 Å². The van der Waals surface area contributed by atoms with Gasteiger partial charge in [-0.25, -0.2) is 4.79 Å². The van der Waals surface area contributed by atoms with Crippen LogP contribution in [0.5, 0.6) is 0 Å². The van der Waals surface area contributed by atoms with Crippen LogP contribution in [0.1, 0.15) is 60.6 Å². The Morgan fingerprint density at radius 3 is 2.59 bits per heavy atom. The summed E-state index contributed by atoms with van der Waals surface area (Å²) >= 11 is 0. The van der Waals surface area contributed by atoms with Crippen LogP contribution in [-0.4, -0.2) is 41.0 Å². The highest BCUT2D eigenvalue weighted by Gasteiger charge is 2.39. The largest absolute Gasteiger partial charge is 0.452 e. The molecule has 29 heavy (non-hydrogen) atoms. The fourth-order valence-electron chi connectivity index (χ4n) is 4.16. The number of rotatable bonds is 5. The Kier molecular flexibility index (Phi) is 6.17. The minimum absolute atomic E-state index is 0.355. The number of esters is 1. The molecule has 1 saturated carbocycles. The van der Waals surface area contributed by atoms with E-state index in [9.17, 15) is 14.9 Å². The lowest BCUT2D eigenvalue weighted by molar-refractivity contribution is -0.138. The summed E-state index contributed by atoms with van der Waals surface area (Å²) in [6, 6.07) is 9.98. The minimum Gasteiger partial charge on any atom is -0.452 e. The van der Waals surface area contributed by atoms with E-state index in [2.05, 4.69) is 11.1 Å². The molecule has 1 aliphatic carbocycles. The number of ether oxygens (including phenoxy) is 1. The minimum atomic E-state index is -0.795. The summed E-state index contributed by atoms with van der Waals surface area (Å²) in [5.41, 5.74) is 1.93. The van der Waals surface area contributed by atoms with E-state index in [4.69, 9.17) is 4.74 Å². The van der Waals surface area contributed by atoms with E-state index in [0.717, 1.165) is 35.7 Å². The molecule has 1 heterocycles. The number of benzene rings is 1. The van der Waals surface area contributed by atoms with Gasteiger partial charge in [-0.15, -0.1) is 0 Å². The first kappa shape index (κ1) is 20.8. The molecule has 1 aromatic carbocycles. The highest BCUT2D eigenvalue weighted by atomic mass is 16.5. The third-order valence-electron chi connectivity index (χ3n) is 6.00. The van der Waals surface area contributed by atoms with Crippen molar-refractivity contribution in [2.75, 3.05) is 13.7 Å². The van der Waals surface area contributed by atoms with E-state index in [1.54, 1.807) is 7.05 Å². The van der Waals surface area contributed by atoms with Gasteiger partial charge in [-0.05, 0) is 37.8 Å². The lowest BCUT2D eigenvalue weighted by Gasteiger charge is -2.38. The monoisotopic (exact) mass is 393 g/mol. The molecule has 0 spiro atoms. The van der Waals surface area contributed by atoms with Crippen molar-refractivity contribution in [2.45, 2.75) is 57.9 Å². The van der Waals surface area contributed by atoms with Crippen LogP contribution in [0.3, 0.4) is 0 Å². The number of fused-ring (bicyclic) bond motifs is 1. The normalized spacial score (nSPS) is 15.5. The second-order valence-electron chi connectivity index (χ2n) is 7.66. The number of carbonyl (C=O) groups is 2. The highest BCUT2D eigenvalue weighted by Crippen LogP contribution is 2.32. The third-order valence-corrected chi connectivity index (χ3v) is 6.00. The topological polar surface area (TPSA) is 83.3 Å². The van der Waals surface area contributed by atoms with Crippen LogP contribution in [0.25, 0.3) is 10.9 Å². The zero-order valence-corrected chi connectivity index (χ0v) is 17.3. The van der Waals surface area contributed by atoms with Crippen LogP contribution in [0, 0.1) is 18.3 Å². The molecule has 0 saturated heterocycles. The van der Waals surface area contributed by atoms with Gasteiger partial charge >= 0.3 is 5.97 Å². The van der Waals surface area contributed by atoms with Crippen molar-refractivity contribution < 1.29 is 14.3 Å². The van der Waals surface area contributed by atoms with Gasteiger partial charge < -0.3 is 9.64 Å². The predicted molar refractivity (Wildman–Crippen MR) is 110 cm³/mol. The molecular formula is C23H27N3O3. The lowest BCUT2D eigenvalue weighted by Crippen LogP contribution is -2.51. The summed E-state index contributed by atoms with van der Waals surface area (Å²) in [4.78, 5) is 31.6. The molecule has 1 aromatic heterocycles. The molecule has 0 atom stereocenters. The van der Waals surface area contributed by atoms with Crippen LogP contribution < -0.4 is 0 Å². The molecule has 3 rings (SSSR count). The van der Waals surface area contributed by atoms with Gasteiger partial charge in [0.15, 0.2) is 6.61 Å². The van der Waals surface area contributed by atoms with Gasteiger partial charge in [-0.2, -0.15) is 5.26 Å². The van der Waals surface area contributed by atoms with Gasteiger partial charge in [0.1, 0.15) is 5.54 Å². The second-order valence-corrected chi connectivity index (χ2v) is 7.66. The van der Waals surface area contributed by atoms with Crippen LogP contribution >= 0.6 is 0 Å². The standard InChI is InChI=1S/C23H27N3O3/c1-4-18-21(16(2)17-10-6-7-11-19(17)25-18)22(28)29-14-20(27)26(3)23(15-24)12-8-5-9-13-23/h6-7,10-11H,4-5,8-9,12-14H2,1-3H3. The van der Waals surface area contributed by atoms with Gasteiger partial charge in [-0.1, -0.05) is 44.4 Å². The predicted octanol–water partition coefficient (Wildman–Crippen LogP) is 3.95. The Bertz CT molecular complexity index is 971. The molecule has 152 valence electrons. The van der Waals surface area contributed by atoms with Crippen molar-refractivity contribution >= 4 is 22.8 Å². The van der Waals surface area contributed by atoms with Crippen molar-refractivity contribution in [3.05, 3.63) is 41.1 Å². The van der Waals surface area contributed by atoms with E-state index in [-0.39, 0.29) is 12.5 Å². The Morgan fingerprint density at radius 2 is 1.93 bits per heavy atom. The molecule has 0 N–H and O–H groups in total.